The van der Waals surface area contributed by atoms with Gasteiger partial charge in [-0.1, -0.05) is 30.3 Å². The van der Waals surface area contributed by atoms with E-state index in [1.807, 2.05) is 38.1 Å². The highest BCUT2D eigenvalue weighted by Crippen LogP contribution is 2.21. The summed E-state index contributed by atoms with van der Waals surface area (Å²) in [7, 11) is 0. The Bertz CT molecular complexity index is 843. The number of likely N-dealkylation sites (tertiary alicyclic amines) is 1. The number of nitrogens with zero attached hydrogens (tertiary/aromatic N) is 1. The van der Waals surface area contributed by atoms with Crippen LogP contribution in [0.3, 0.4) is 0 Å². The number of aryl methyl sites for hydroxylation is 3. The third-order valence-corrected chi connectivity index (χ3v) is 5.30. The van der Waals surface area contributed by atoms with E-state index in [1.54, 1.807) is 4.90 Å². The molecule has 1 atom stereocenters. The molecule has 2 heterocycles. The van der Waals surface area contributed by atoms with Crippen molar-refractivity contribution >= 4 is 5.91 Å². The average Bonchev–Trinajstić information content (AvgIpc) is 3.15. The van der Waals surface area contributed by atoms with Crippen molar-refractivity contribution in [3.63, 3.8) is 0 Å². The molecule has 1 aliphatic rings. The number of carbonyl (C=O) groups is 1. The molecule has 2 aromatic rings. The zero-order valence-electron chi connectivity index (χ0n) is 16.8. The number of amides is 1. The second-order valence-electron chi connectivity index (χ2n) is 7.35. The van der Waals surface area contributed by atoms with E-state index < -0.39 is 5.63 Å². The molecule has 1 aliphatic heterocycles. The van der Waals surface area contributed by atoms with Gasteiger partial charge >= 0.3 is 5.63 Å². The van der Waals surface area contributed by atoms with Crippen molar-refractivity contribution in [2.24, 2.45) is 0 Å². The number of hydrogen-bond donors (Lipinski definition) is 0. The van der Waals surface area contributed by atoms with Gasteiger partial charge in [0.25, 0.3) is 5.91 Å². The summed E-state index contributed by atoms with van der Waals surface area (Å²) >= 11 is 0. The van der Waals surface area contributed by atoms with Crippen LogP contribution in [-0.2, 0) is 17.6 Å². The van der Waals surface area contributed by atoms with Gasteiger partial charge < -0.3 is 14.1 Å². The molecule has 1 aromatic carbocycles. The molecule has 28 heavy (non-hydrogen) atoms. The van der Waals surface area contributed by atoms with Crippen molar-refractivity contribution in [3.8, 4) is 0 Å². The second kappa shape index (κ2) is 9.69. The lowest BCUT2D eigenvalue weighted by molar-refractivity contribution is 0.0559. The van der Waals surface area contributed by atoms with Gasteiger partial charge in [-0.05, 0) is 56.7 Å². The highest BCUT2D eigenvalue weighted by molar-refractivity contribution is 5.95. The monoisotopic (exact) mass is 383 g/mol. The smallest absolute Gasteiger partial charge is 0.349 e. The molecule has 0 radical (unpaired) electrons. The quantitative estimate of drug-likeness (QED) is 0.696. The molecule has 1 fully saturated rings. The summed E-state index contributed by atoms with van der Waals surface area (Å²) in [5.41, 5.74) is 1.60. The number of carbonyl (C=O) groups excluding carboxylic acids is 1. The van der Waals surface area contributed by atoms with Gasteiger partial charge in [-0.2, -0.15) is 0 Å². The maximum absolute atomic E-state index is 13.0. The van der Waals surface area contributed by atoms with Crippen LogP contribution in [0.15, 0.2) is 45.6 Å². The Morgan fingerprint density at radius 3 is 2.75 bits per heavy atom. The van der Waals surface area contributed by atoms with Crippen molar-refractivity contribution in [1.82, 2.24) is 4.90 Å². The Balaban J connectivity index is 1.67. The topological polar surface area (TPSA) is 59.8 Å². The zero-order chi connectivity index (χ0) is 19.9. The molecule has 5 nitrogen and oxygen atoms in total. The van der Waals surface area contributed by atoms with Crippen LogP contribution in [-0.4, -0.2) is 36.6 Å². The van der Waals surface area contributed by atoms with E-state index in [9.17, 15) is 9.59 Å². The van der Waals surface area contributed by atoms with Crippen molar-refractivity contribution in [2.75, 3.05) is 19.8 Å². The predicted octanol–water partition coefficient (Wildman–Crippen LogP) is 3.76. The average molecular weight is 383 g/mol. The Morgan fingerprint density at radius 1 is 1.25 bits per heavy atom. The van der Waals surface area contributed by atoms with E-state index in [-0.39, 0.29) is 17.5 Å². The van der Waals surface area contributed by atoms with Crippen LogP contribution in [0.1, 0.15) is 53.4 Å². The normalized spacial score (nSPS) is 16.5. The van der Waals surface area contributed by atoms with Gasteiger partial charge in [-0.3, -0.25) is 4.79 Å². The van der Waals surface area contributed by atoms with Crippen LogP contribution < -0.4 is 5.63 Å². The van der Waals surface area contributed by atoms with Gasteiger partial charge in [0.15, 0.2) is 0 Å². The van der Waals surface area contributed by atoms with E-state index in [4.69, 9.17) is 9.15 Å². The maximum atomic E-state index is 13.0. The molecule has 1 aromatic heterocycles. The first kappa shape index (κ1) is 20.3. The summed E-state index contributed by atoms with van der Waals surface area (Å²) in [4.78, 5) is 27.3. The van der Waals surface area contributed by atoms with Crippen LogP contribution in [0.2, 0.25) is 0 Å². The summed E-state index contributed by atoms with van der Waals surface area (Å²) < 4.78 is 11.0. The summed E-state index contributed by atoms with van der Waals surface area (Å²) in [6.45, 7) is 5.56. The number of benzene rings is 1. The van der Waals surface area contributed by atoms with Gasteiger partial charge in [0.05, 0.1) is 12.6 Å². The van der Waals surface area contributed by atoms with Crippen molar-refractivity contribution in [3.05, 3.63) is 69.3 Å². The molecular formula is C23H29NO4. The summed E-state index contributed by atoms with van der Waals surface area (Å²) in [5, 5.41) is 0. The highest BCUT2D eigenvalue weighted by Gasteiger charge is 2.32. The van der Waals surface area contributed by atoms with Crippen LogP contribution >= 0.6 is 0 Å². The number of hydrogen-bond acceptors (Lipinski definition) is 4. The second-order valence-corrected chi connectivity index (χ2v) is 7.35. The van der Waals surface area contributed by atoms with Gasteiger partial charge in [0.2, 0.25) is 0 Å². The largest absolute Gasteiger partial charge is 0.427 e. The summed E-state index contributed by atoms with van der Waals surface area (Å²) in [5.74, 6) is 0.409. The molecule has 0 spiro atoms. The molecular weight excluding hydrogens is 354 g/mol. The van der Waals surface area contributed by atoms with Crippen LogP contribution in [0.4, 0.5) is 0 Å². The van der Waals surface area contributed by atoms with Crippen molar-refractivity contribution in [1.29, 1.82) is 0 Å². The lowest BCUT2D eigenvalue weighted by Gasteiger charge is -2.24. The maximum Gasteiger partial charge on any atom is 0.349 e. The van der Waals surface area contributed by atoms with Crippen molar-refractivity contribution in [2.45, 2.75) is 52.0 Å². The fourth-order valence-electron chi connectivity index (χ4n) is 3.84. The third kappa shape index (κ3) is 4.90. The molecule has 0 saturated carbocycles. The SMILES string of the molecule is CCOCC1CCCN1C(=O)c1c(C)cc(CCCc2ccccc2)oc1=O. The lowest BCUT2D eigenvalue weighted by atomic mass is 10.1. The molecule has 5 heteroatoms. The predicted molar refractivity (Wildman–Crippen MR) is 109 cm³/mol. The Morgan fingerprint density at radius 2 is 2.04 bits per heavy atom. The highest BCUT2D eigenvalue weighted by atomic mass is 16.5. The Hall–Kier alpha value is -2.40. The number of rotatable bonds is 8. The van der Waals surface area contributed by atoms with E-state index in [1.165, 1.54) is 5.56 Å². The van der Waals surface area contributed by atoms with Crippen molar-refractivity contribution < 1.29 is 13.9 Å². The fourth-order valence-corrected chi connectivity index (χ4v) is 3.84. The fraction of sp³-hybridized carbons (Fsp3) is 0.478. The van der Waals surface area contributed by atoms with E-state index >= 15 is 0 Å². The minimum Gasteiger partial charge on any atom is -0.427 e. The third-order valence-electron chi connectivity index (χ3n) is 5.30. The van der Waals surface area contributed by atoms with Gasteiger partial charge in [0, 0.05) is 19.6 Å². The number of ether oxygens (including phenoxy) is 1. The Labute approximate surface area is 166 Å². The molecule has 1 unspecified atom stereocenters. The van der Waals surface area contributed by atoms with Gasteiger partial charge in [-0.15, -0.1) is 0 Å². The molecule has 150 valence electrons. The molecule has 3 rings (SSSR count). The van der Waals surface area contributed by atoms with Gasteiger partial charge in [0.1, 0.15) is 11.3 Å². The van der Waals surface area contributed by atoms with Gasteiger partial charge in [-0.25, -0.2) is 4.79 Å². The molecule has 0 aliphatic carbocycles. The Kier molecular flexibility index (Phi) is 7.04. The van der Waals surface area contributed by atoms with Crippen LogP contribution in [0, 0.1) is 6.92 Å². The van der Waals surface area contributed by atoms with Crippen LogP contribution in [0.5, 0.6) is 0 Å². The van der Waals surface area contributed by atoms with E-state index in [2.05, 4.69) is 12.1 Å². The molecule has 0 N–H and O–H groups in total. The minimum absolute atomic E-state index is 0.0387. The molecule has 0 bridgehead atoms. The first-order valence-corrected chi connectivity index (χ1v) is 10.2. The zero-order valence-corrected chi connectivity index (χ0v) is 16.8. The lowest BCUT2D eigenvalue weighted by Crippen LogP contribution is -2.40. The van der Waals surface area contributed by atoms with Crippen LogP contribution in [0.25, 0.3) is 0 Å². The minimum atomic E-state index is -0.526. The summed E-state index contributed by atoms with van der Waals surface area (Å²) in [6, 6.07) is 12.1. The van der Waals surface area contributed by atoms with E-state index in [0.717, 1.165) is 25.7 Å². The first-order valence-electron chi connectivity index (χ1n) is 10.2. The molecule has 1 amide bonds. The summed E-state index contributed by atoms with van der Waals surface area (Å²) in [6.07, 6.45) is 4.34. The first-order chi connectivity index (χ1) is 13.6. The standard InChI is InChI=1S/C23H29NO4/c1-3-27-16-19-12-8-14-24(19)22(25)21-17(2)15-20(28-23(21)26)13-7-11-18-9-5-4-6-10-18/h4-6,9-10,15,19H,3,7-8,11-14,16H2,1-2H3. The van der Waals surface area contributed by atoms with E-state index in [0.29, 0.717) is 37.5 Å². The molecule has 1 saturated heterocycles.